The van der Waals surface area contributed by atoms with Gasteiger partial charge in [0.2, 0.25) is 5.91 Å². The second kappa shape index (κ2) is 5.21. The van der Waals surface area contributed by atoms with E-state index in [1.54, 1.807) is 7.11 Å². The molecule has 2 aliphatic rings. The first-order chi connectivity index (χ1) is 9.28. The van der Waals surface area contributed by atoms with Crippen molar-refractivity contribution in [3.63, 3.8) is 0 Å². The maximum Gasteiger partial charge on any atom is 0.243 e. The lowest BCUT2D eigenvalue weighted by Gasteiger charge is -2.21. The van der Waals surface area contributed by atoms with Gasteiger partial charge in [-0.1, -0.05) is 18.2 Å². The second-order valence-electron chi connectivity index (χ2n) is 5.38. The number of anilines is 1. The number of benzene rings is 1. The number of nitrogens with one attached hydrogen (secondary N) is 2. The topological polar surface area (TPSA) is 50.4 Å². The first-order valence-corrected chi connectivity index (χ1v) is 6.95. The highest BCUT2D eigenvalue weighted by Crippen LogP contribution is 2.26. The monoisotopic (exact) mass is 260 g/mol. The average Bonchev–Trinajstić information content (AvgIpc) is 3.03. The van der Waals surface area contributed by atoms with Crippen LogP contribution in [0.15, 0.2) is 24.3 Å². The van der Waals surface area contributed by atoms with Gasteiger partial charge in [-0.2, -0.15) is 0 Å². The molecular formula is C15H20N2O2. The van der Waals surface area contributed by atoms with Crippen molar-refractivity contribution in [1.82, 2.24) is 5.32 Å². The number of hydrogen-bond acceptors (Lipinski definition) is 3. The summed E-state index contributed by atoms with van der Waals surface area (Å²) in [5.74, 6) is 0.0881. The Morgan fingerprint density at radius 1 is 1.37 bits per heavy atom. The third-order valence-electron chi connectivity index (χ3n) is 4.17. The molecule has 1 heterocycles. The lowest BCUT2D eigenvalue weighted by atomic mass is 10.1. The highest BCUT2D eigenvalue weighted by molar-refractivity contribution is 5.87. The molecule has 4 heteroatoms. The van der Waals surface area contributed by atoms with E-state index in [0.717, 1.165) is 31.4 Å². The van der Waals surface area contributed by atoms with Crippen LogP contribution in [0.2, 0.25) is 0 Å². The second-order valence-corrected chi connectivity index (χ2v) is 5.38. The fraction of sp³-hybridized carbons (Fsp3) is 0.533. The summed E-state index contributed by atoms with van der Waals surface area (Å²) in [6.45, 7) is 0. The Morgan fingerprint density at radius 3 is 3.00 bits per heavy atom. The van der Waals surface area contributed by atoms with Gasteiger partial charge in [-0.05, 0) is 30.9 Å². The third kappa shape index (κ3) is 2.45. The Morgan fingerprint density at radius 2 is 2.21 bits per heavy atom. The number of ether oxygens (including phenoxy) is 1. The number of carbonyl (C=O) groups is 1. The maximum absolute atomic E-state index is 12.3. The summed E-state index contributed by atoms with van der Waals surface area (Å²) in [6, 6.07) is 8.13. The van der Waals surface area contributed by atoms with E-state index in [1.807, 2.05) is 18.2 Å². The molecule has 0 radical (unpaired) electrons. The van der Waals surface area contributed by atoms with Crippen LogP contribution in [0.3, 0.4) is 0 Å². The number of fused-ring (bicyclic) bond motifs is 1. The highest BCUT2D eigenvalue weighted by Gasteiger charge is 2.32. The van der Waals surface area contributed by atoms with E-state index in [2.05, 4.69) is 16.7 Å². The Balaban J connectivity index is 1.61. The van der Waals surface area contributed by atoms with Gasteiger partial charge in [0.05, 0.1) is 12.1 Å². The Kier molecular flexibility index (Phi) is 3.42. The number of carbonyl (C=O) groups excluding carboxylic acids is 1. The van der Waals surface area contributed by atoms with Crippen molar-refractivity contribution in [3.8, 4) is 0 Å². The van der Waals surface area contributed by atoms with Gasteiger partial charge in [-0.15, -0.1) is 0 Å². The van der Waals surface area contributed by atoms with E-state index < -0.39 is 0 Å². The third-order valence-corrected chi connectivity index (χ3v) is 4.17. The molecule has 102 valence electrons. The van der Waals surface area contributed by atoms with Gasteiger partial charge < -0.3 is 15.4 Å². The molecule has 1 fully saturated rings. The van der Waals surface area contributed by atoms with E-state index in [4.69, 9.17) is 4.74 Å². The smallest absolute Gasteiger partial charge is 0.243 e. The summed E-state index contributed by atoms with van der Waals surface area (Å²) in [5.41, 5.74) is 2.30. The summed E-state index contributed by atoms with van der Waals surface area (Å²) >= 11 is 0. The zero-order valence-corrected chi connectivity index (χ0v) is 11.2. The van der Waals surface area contributed by atoms with Gasteiger partial charge in [0.25, 0.3) is 0 Å². The van der Waals surface area contributed by atoms with E-state index in [9.17, 15) is 4.79 Å². The average molecular weight is 260 g/mol. The molecule has 19 heavy (non-hydrogen) atoms. The van der Waals surface area contributed by atoms with Crippen LogP contribution in [0.25, 0.3) is 0 Å². The van der Waals surface area contributed by atoms with Crippen molar-refractivity contribution in [3.05, 3.63) is 29.8 Å². The molecule has 3 rings (SSSR count). The molecule has 1 aliphatic carbocycles. The van der Waals surface area contributed by atoms with Gasteiger partial charge in [0.15, 0.2) is 0 Å². The van der Waals surface area contributed by atoms with Gasteiger partial charge in [-0.3, -0.25) is 4.79 Å². The highest BCUT2D eigenvalue weighted by atomic mass is 16.5. The predicted octanol–water partition coefficient (Wildman–Crippen LogP) is 1.71. The molecule has 1 aromatic carbocycles. The molecule has 0 bridgehead atoms. The van der Waals surface area contributed by atoms with Crippen LogP contribution in [0.5, 0.6) is 0 Å². The zero-order valence-electron chi connectivity index (χ0n) is 11.2. The molecule has 0 aromatic heterocycles. The van der Waals surface area contributed by atoms with E-state index >= 15 is 0 Å². The van der Waals surface area contributed by atoms with Crippen LogP contribution in [0.4, 0.5) is 5.69 Å². The normalized spacial score (nSPS) is 28.8. The van der Waals surface area contributed by atoms with Gasteiger partial charge in [-0.25, -0.2) is 0 Å². The molecule has 2 N–H and O–H groups in total. The molecule has 1 saturated carbocycles. The molecule has 0 saturated heterocycles. The standard InChI is InChI=1S/C15H20N2O2/c1-19-14-8-4-7-12(14)17-15(18)13-9-10-5-2-3-6-11(10)16-13/h2-3,5-6,12-14,16H,4,7-9H2,1H3,(H,17,18). The van der Waals surface area contributed by atoms with Crippen molar-refractivity contribution >= 4 is 11.6 Å². The van der Waals surface area contributed by atoms with Crippen molar-refractivity contribution in [2.75, 3.05) is 12.4 Å². The van der Waals surface area contributed by atoms with Crippen LogP contribution >= 0.6 is 0 Å². The SMILES string of the molecule is COC1CCCC1NC(=O)C1Cc2ccccc2N1. The van der Waals surface area contributed by atoms with E-state index in [-0.39, 0.29) is 24.1 Å². The molecule has 4 nitrogen and oxygen atoms in total. The van der Waals surface area contributed by atoms with Crippen LogP contribution in [0.1, 0.15) is 24.8 Å². The largest absolute Gasteiger partial charge is 0.379 e. The number of para-hydroxylation sites is 1. The van der Waals surface area contributed by atoms with Crippen molar-refractivity contribution < 1.29 is 9.53 Å². The first kappa shape index (κ1) is 12.5. The van der Waals surface area contributed by atoms with E-state index in [1.165, 1.54) is 5.56 Å². The van der Waals surface area contributed by atoms with Gasteiger partial charge >= 0.3 is 0 Å². The maximum atomic E-state index is 12.3. The van der Waals surface area contributed by atoms with E-state index in [0.29, 0.717) is 0 Å². The zero-order chi connectivity index (χ0) is 13.2. The number of rotatable bonds is 3. The number of hydrogen-bond donors (Lipinski definition) is 2. The number of methoxy groups -OCH3 is 1. The summed E-state index contributed by atoms with van der Waals surface area (Å²) < 4.78 is 5.41. The van der Waals surface area contributed by atoms with Gasteiger partial charge in [0, 0.05) is 19.2 Å². The quantitative estimate of drug-likeness (QED) is 0.870. The van der Waals surface area contributed by atoms with Crippen LogP contribution < -0.4 is 10.6 Å². The molecule has 1 aliphatic heterocycles. The minimum atomic E-state index is -0.143. The first-order valence-electron chi connectivity index (χ1n) is 6.95. The predicted molar refractivity (Wildman–Crippen MR) is 74.1 cm³/mol. The summed E-state index contributed by atoms with van der Waals surface area (Å²) in [4.78, 5) is 12.3. The molecule has 1 aromatic rings. The van der Waals surface area contributed by atoms with Crippen LogP contribution in [-0.4, -0.2) is 31.2 Å². The molecule has 0 spiro atoms. The molecule has 1 amide bonds. The van der Waals surface area contributed by atoms with Crippen LogP contribution in [-0.2, 0) is 16.0 Å². The number of amides is 1. The summed E-state index contributed by atoms with van der Waals surface area (Å²) in [5, 5.41) is 6.42. The fourth-order valence-corrected chi connectivity index (χ4v) is 3.11. The van der Waals surface area contributed by atoms with Gasteiger partial charge in [0.1, 0.15) is 6.04 Å². The fourth-order valence-electron chi connectivity index (χ4n) is 3.11. The Labute approximate surface area is 113 Å². The summed E-state index contributed by atoms with van der Waals surface area (Å²) in [6.07, 6.45) is 4.13. The minimum absolute atomic E-state index is 0.0881. The Bertz CT molecular complexity index is 450. The Hall–Kier alpha value is -1.55. The molecule has 3 unspecified atom stereocenters. The molecule has 3 atom stereocenters. The minimum Gasteiger partial charge on any atom is -0.379 e. The lowest BCUT2D eigenvalue weighted by Crippen LogP contribution is -2.47. The van der Waals surface area contributed by atoms with Crippen molar-refractivity contribution in [2.45, 2.75) is 43.9 Å². The van der Waals surface area contributed by atoms with Crippen molar-refractivity contribution in [1.29, 1.82) is 0 Å². The molecular weight excluding hydrogens is 240 g/mol. The van der Waals surface area contributed by atoms with Crippen LogP contribution in [0, 0.1) is 0 Å². The lowest BCUT2D eigenvalue weighted by molar-refractivity contribution is -0.123. The summed E-state index contributed by atoms with van der Waals surface area (Å²) in [7, 11) is 1.72. The van der Waals surface area contributed by atoms with Crippen molar-refractivity contribution in [2.24, 2.45) is 0 Å².